The highest BCUT2D eigenvalue weighted by Gasteiger charge is 2.14. The lowest BCUT2D eigenvalue weighted by molar-refractivity contribution is -0.107. The van der Waals surface area contributed by atoms with Gasteiger partial charge < -0.3 is 5.73 Å². The molecule has 0 aliphatic carbocycles. The van der Waals surface area contributed by atoms with Crippen LogP contribution in [0.1, 0.15) is 25.8 Å². The highest BCUT2D eigenvalue weighted by molar-refractivity contribution is 5.72. The minimum Gasteiger partial charge on any atom is -0.327 e. The average molecular weight is 302 g/mol. The molecule has 0 bridgehead atoms. The van der Waals surface area contributed by atoms with E-state index >= 15 is 0 Å². The van der Waals surface area contributed by atoms with Crippen molar-refractivity contribution in [1.82, 2.24) is 5.12 Å². The van der Waals surface area contributed by atoms with Crippen LogP contribution >= 0.6 is 0 Å². The number of aldehydes is 1. The number of benzene rings is 1. The molecule has 0 amide bonds. The largest absolute Gasteiger partial charge is 0.327 e. The summed E-state index contributed by atoms with van der Waals surface area (Å²) >= 11 is 0. The zero-order valence-corrected chi connectivity index (χ0v) is 13.2. The molecule has 3 nitrogen and oxygen atoms in total. The molecule has 0 saturated heterocycles. The van der Waals surface area contributed by atoms with Crippen molar-refractivity contribution in [3.05, 3.63) is 71.1 Å². The molecule has 1 aromatic carbocycles. The Bertz CT molecular complexity index is 576. The molecule has 0 atom stereocenters. The monoisotopic (exact) mass is 302 g/mol. The van der Waals surface area contributed by atoms with E-state index in [1.807, 2.05) is 25.1 Å². The summed E-state index contributed by atoms with van der Waals surface area (Å²) in [6, 6.07) is 10.1. The third-order valence-electron chi connectivity index (χ3n) is 3.62. The van der Waals surface area contributed by atoms with E-state index in [4.69, 9.17) is 5.73 Å². The van der Waals surface area contributed by atoms with Gasteiger partial charge >= 0.3 is 0 Å². The molecule has 1 rings (SSSR count). The first kappa shape index (κ1) is 17.9. The topological polar surface area (TPSA) is 46.3 Å². The number of rotatable bonds is 8. The smallest absolute Gasteiger partial charge is 0.168 e. The fourth-order valence-electron chi connectivity index (χ4n) is 2.01. The van der Waals surface area contributed by atoms with E-state index in [9.17, 15) is 9.28 Å². The van der Waals surface area contributed by atoms with E-state index < -0.39 is 0 Å². The van der Waals surface area contributed by atoms with Crippen molar-refractivity contribution in [2.75, 3.05) is 6.54 Å². The Balaban J connectivity index is 2.78. The lowest BCUT2D eigenvalue weighted by Crippen LogP contribution is -2.16. The van der Waals surface area contributed by atoms with Crippen LogP contribution in [0.3, 0.4) is 0 Å². The number of nitrogens with two attached hydrogens (primary N) is 1. The molecule has 0 unspecified atom stereocenters. The average Bonchev–Trinajstić information content (AvgIpc) is 2.56. The normalized spacial score (nSPS) is 12.6. The summed E-state index contributed by atoms with van der Waals surface area (Å²) in [7, 11) is 0. The standard InChI is InChI=1S/C18H23FN2O/c1-14(9-10-17-7-5-4-6-8-17)15(2)16(3)21(19)18(13-22)11-12-20/h4-8,11,13H,3,9-10,12,20H2,1-2H3/b15-14+,18-11+. The second-order valence-corrected chi connectivity index (χ2v) is 5.10. The maximum Gasteiger partial charge on any atom is 0.168 e. The molecule has 118 valence electrons. The Labute approximate surface area is 131 Å². The van der Waals surface area contributed by atoms with Gasteiger partial charge in [-0.05, 0) is 43.9 Å². The van der Waals surface area contributed by atoms with Crippen molar-refractivity contribution >= 4 is 6.29 Å². The van der Waals surface area contributed by atoms with Gasteiger partial charge in [0.25, 0.3) is 0 Å². The van der Waals surface area contributed by atoms with Crippen molar-refractivity contribution in [2.45, 2.75) is 26.7 Å². The Morgan fingerprint density at radius 1 is 1.32 bits per heavy atom. The van der Waals surface area contributed by atoms with Crippen molar-refractivity contribution in [1.29, 1.82) is 0 Å². The van der Waals surface area contributed by atoms with E-state index in [-0.39, 0.29) is 17.9 Å². The molecule has 0 saturated carbocycles. The van der Waals surface area contributed by atoms with Crippen LogP contribution in [-0.2, 0) is 11.2 Å². The minimum atomic E-state index is -0.122. The molecule has 0 fully saturated rings. The van der Waals surface area contributed by atoms with Crippen LogP contribution in [0.2, 0.25) is 0 Å². The van der Waals surface area contributed by atoms with Gasteiger partial charge in [0.15, 0.2) is 6.29 Å². The molecular weight excluding hydrogens is 279 g/mol. The van der Waals surface area contributed by atoms with Crippen LogP contribution in [0.4, 0.5) is 4.48 Å². The maximum absolute atomic E-state index is 14.2. The van der Waals surface area contributed by atoms with Crippen LogP contribution in [0.5, 0.6) is 0 Å². The molecule has 0 heterocycles. The summed E-state index contributed by atoms with van der Waals surface area (Å²) in [4.78, 5) is 10.9. The number of hydrogen-bond acceptors (Lipinski definition) is 3. The molecule has 4 heteroatoms. The van der Waals surface area contributed by atoms with E-state index in [1.165, 1.54) is 11.6 Å². The predicted octanol–water partition coefficient (Wildman–Crippen LogP) is 3.70. The number of hydrogen-bond donors (Lipinski definition) is 1. The minimum absolute atomic E-state index is 0.0948. The van der Waals surface area contributed by atoms with E-state index in [0.29, 0.717) is 11.4 Å². The van der Waals surface area contributed by atoms with Crippen LogP contribution < -0.4 is 5.73 Å². The van der Waals surface area contributed by atoms with Gasteiger partial charge in [-0.3, -0.25) is 4.79 Å². The van der Waals surface area contributed by atoms with Gasteiger partial charge in [-0.15, -0.1) is 0 Å². The number of allylic oxidation sites excluding steroid dienone is 3. The quantitative estimate of drug-likeness (QED) is 0.345. The SMILES string of the molecule is C=C(/C(C)=C(\C)CCc1ccccc1)N(F)/C(C=O)=C/CN. The molecule has 22 heavy (non-hydrogen) atoms. The Hall–Kier alpha value is -2.20. The molecular formula is C18H23FN2O. The number of aryl methyl sites for hydroxylation is 1. The van der Waals surface area contributed by atoms with Crippen LogP contribution in [0.15, 0.2) is 65.5 Å². The molecule has 0 radical (unpaired) electrons. The lowest BCUT2D eigenvalue weighted by atomic mass is 10.0. The van der Waals surface area contributed by atoms with Gasteiger partial charge in [-0.1, -0.05) is 47.0 Å². The summed E-state index contributed by atoms with van der Waals surface area (Å²) < 4.78 is 14.2. The van der Waals surface area contributed by atoms with Crippen molar-refractivity contribution in [3.8, 4) is 0 Å². The Morgan fingerprint density at radius 3 is 2.50 bits per heavy atom. The first-order valence-corrected chi connectivity index (χ1v) is 7.22. The maximum atomic E-state index is 14.2. The zero-order valence-electron chi connectivity index (χ0n) is 13.2. The Kier molecular flexibility index (Phi) is 7.26. The summed E-state index contributed by atoms with van der Waals surface area (Å²) in [6.45, 7) is 7.58. The van der Waals surface area contributed by atoms with Crippen LogP contribution in [0, 0.1) is 0 Å². The molecule has 0 aliphatic rings. The highest BCUT2D eigenvalue weighted by Crippen LogP contribution is 2.23. The van der Waals surface area contributed by atoms with Gasteiger partial charge in [0.1, 0.15) is 5.70 Å². The zero-order chi connectivity index (χ0) is 16.5. The van der Waals surface area contributed by atoms with Gasteiger partial charge in [0.05, 0.1) is 5.70 Å². The summed E-state index contributed by atoms with van der Waals surface area (Å²) in [6.07, 6.45) is 3.44. The molecule has 1 aromatic rings. The van der Waals surface area contributed by atoms with Crippen LogP contribution in [0.25, 0.3) is 0 Å². The molecule has 0 aliphatic heterocycles. The van der Waals surface area contributed by atoms with Gasteiger partial charge in [0.2, 0.25) is 0 Å². The summed E-state index contributed by atoms with van der Waals surface area (Å²) in [5.41, 5.74) is 8.37. The molecule has 2 N–H and O–H groups in total. The van der Waals surface area contributed by atoms with Crippen LogP contribution in [-0.4, -0.2) is 18.0 Å². The first-order chi connectivity index (χ1) is 10.5. The molecule has 0 aromatic heterocycles. The van der Waals surface area contributed by atoms with Crippen molar-refractivity contribution < 1.29 is 9.28 Å². The highest BCUT2D eigenvalue weighted by atomic mass is 19.2. The van der Waals surface area contributed by atoms with Gasteiger partial charge in [0, 0.05) is 6.54 Å². The fraction of sp³-hybridized carbons (Fsp3) is 0.278. The van der Waals surface area contributed by atoms with E-state index in [2.05, 4.69) is 18.7 Å². The molecule has 0 spiro atoms. The van der Waals surface area contributed by atoms with Gasteiger partial charge in [-0.2, -0.15) is 5.12 Å². The summed E-state index contributed by atoms with van der Waals surface area (Å²) in [5, 5.41) is 0.293. The Morgan fingerprint density at radius 2 is 1.95 bits per heavy atom. The van der Waals surface area contributed by atoms with Crippen molar-refractivity contribution in [2.24, 2.45) is 5.73 Å². The fourth-order valence-corrected chi connectivity index (χ4v) is 2.01. The van der Waals surface area contributed by atoms with E-state index in [1.54, 1.807) is 6.92 Å². The number of carbonyl (C=O) groups excluding carboxylic acids is 1. The predicted molar refractivity (Wildman–Crippen MR) is 88.4 cm³/mol. The van der Waals surface area contributed by atoms with Crippen molar-refractivity contribution in [3.63, 3.8) is 0 Å². The third kappa shape index (κ3) is 4.97. The lowest BCUT2D eigenvalue weighted by Gasteiger charge is -2.18. The number of nitrogens with zero attached hydrogens (tertiary/aromatic N) is 1. The first-order valence-electron chi connectivity index (χ1n) is 7.22. The number of carbonyl (C=O) groups is 1. The number of halogens is 1. The second kappa shape index (κ2) is 8.95. The van der Waals surface area contributed by atoms with E-state index in [0.717, 1.165) is 24.0 Å². The second-order valence-electron chi connectivity index (χ2n) is 5.10. The summed E-state index contributed by atoms with van der Waals surface area (Å²) in [5.74, 6) is 0. The van der Waals surface area contributed by atoms with Gasteiger partial charge in [-0.25, -0.2) is 0 Å². The third-order valence-corrected chi connectivity index (χ3v) is 3.62.